The van der Waals surface area contributed by atoms with Gasteiger partial charge in [-0.15, -0.1) is 0 Å². The van der Waals surface area contributed by atoms with Gasteiger partial charge in [-0.1, -0.05) is 47.6 Å². The lowest BCUT2D eigenvalue weighted by Gasteiger charge is -2.19. The number of hydrogen-bond donors (Lipinski definition) is 0. The summed E-state index contributed by atoms with van der Waals surface area (Å²) in [6, 6.07) is 0. The summed E-state index contributed by atoms with van der Waals surface area (Å²) in [7, 11) is 1.73. The molecule has 0 amide bonds. The van der Waals surface area contributed by atoms with Gasteiger partial charge < -0.3 is 4.74 Å². The van der Waals surface area contributed by atoms with Crippen LogP contribution in [0.25, 0.3) is 0 Å². The van der Waals surface area contributed by atoms with E-state index < -0.39 is 0 Å². The molecule has 1 heteroatoms. The van der Waals surface area contributed by atoms with Crippen LogP contribution in [-0.4, -0.2) is 7.11 Å². The van der Waals surface area contributed by atoms with E-state index in [2.05, 4.69) is 60.6 Å². The van der Waals surface area contributed by atoms with Crippen molar-refractivity contribution in [3.8, 4) is 0 Å². The van der Waals surface area contributed by atoms with Gasteiger partial charge >= 0.3 is 0 Å². The summed E-state index contributed by atoms with van der Waals surface area (Å²) in [5.74, 6) is 0.984. The lowest BCUT2D eigenvalue weighted by atomic mass is 9.90. The Morgan fingerprint density at radius 1 is 0.867 bits per heavy atom. The number of hydrogen-bond acceptors (Lipinski definition) is 1. The minimum Gasteiger partial charge on any atom is -0.497 e. The molecule has 0 atom stereocenters. The first-order chi connectivity index (χ1) is 6.55. The molecule has 15 heavy (non-hydrogen) atoms. The van der Waals surface area contributed by atoms with Crippen LogP contribution in [0.5, 0.6) is 0 Å². The van der Waals surface area contributed by atoms with Crippen LogP contribution in [0.3, 0.4) is 0 Å². The molecule has 0 fully saturated rings. The van der Waals surface area contributed by atoms with Crippen molar-refractivity contribution < 1.29 is 4.74 Å². The van der Waals surface area contributed by atoms with Crippen molar-refractivity contribution in [3.63, 3.8) is 0 Å². The van der Waals surface area contributed by atoms with Gasteiger partial charge in [0.25, 0.3) is 0 Å². The lowest BCUT2D eigenvalue weighted by Crippen LogP contribution is -2.06. The van der Waals surface area contributed by atoms with E-state index in [1.807, 2.05) is 0 Å². The quantitative estimate of drug-likeness (QED) is 0.480. The molecular weight excluding hydrogens is 184 g/mol. The summed E-state index contributed by atoms with van der Waals surface area (Å²) in [5.41, 5.74) is 1.55. The highest BCUT2D eigenvalue weighted by atomic mass is 16.5. The van der Waals surface area contributed by atoms with Crippen LogP contribution in [0.2, 0.25) is 0 Å². The Labute approximate surface area is 95.2 Å². The van der Waals surface area contributed by atoms with Gasteiger partial charge in [-0.25, -0.2) is 0 Å². The van der Waals surface area contributed by atoms with Crippen LogP contribution in [-0.2, 0) is 4.74 Å². The predicted molar refractivity (Wildman–Crippen MR) is 67.8 cm³/mol. The van der Waals surface area contributed by atoms with Crippen molar-refractivity contribution in [2.45, 2.75) is 48.5 Å². The molecule has 0 aliphatic carbocycles. The maximum absolute atomic E-state index is 5.43. The van der Waals surface area contributed by atoms with Gasteiger partial charge in [0.15, 0.2) is 0 Å². The smallest absolute Gasteiger partial charge is 0.118 e. The minimum atomic E-state index is 0.151. The average molecular weight is 210 g/mol. The number of allylic oxidation sites excluding steroid dienone is 3. The summed E-state index contributed by atoms with van der Waals surface area (Å²) in [4.78, 5) is 0. The molecule has 0 aromatic rings. The third-order valence-electron chi connectivity index (χ3n) is 1.82. The van der Waals surface area contributed by atoms with Crippen molar-refractivity contribution in [1.82, 2.24) is 0 Å². The van der Waals surface area contributed by atoms with Crippen LogP contribution in [0.15, 0.2) is 23.5 Å². The van der Waals surface area contributed by atoms with E-state index in [9.17, 15) is 0 Å². The van der Waals surface area contributed by atoms with E-state index in [-0.39, 0.29) is 10.8 Å². The maximum atomic E-state index is 5.43. The zero-order valence-electron chi connectivity index (χ0n) is 11.6. The normalized spacial score (nSPS) is 15.5. The molecule has 0 aromatic carbocycles. The summed E-state index contributed by atoms with van der Waals surface area (Å²) in [5, 5.41) is 0. The van der Waals surface area contributed by atoms with E-state index in [4.69, 9.17) is 4.74 Å². The molecule has 0 heterocycles. The fourth-order valence-electron chi connectivity index (χ4n) is 1.45. The summed E-state index contributed by atoms with van der Waals surface area (Å²) < 4.78 is 5.43. The Kier molecular flexibility index (Phi) is 4.64. The molecule has 0 spiro atoms. The Morgan fingerprint density at radius 2 is 1.27 bits per heavy atom. The van der Waals surface area contributed by atoms with Gasteiger partial charge in [-0.3, -0.25) is 0 Å². The van der Waals surface area contributed by atoms with E-state index in [0.29, 0.717) is 0 Å². The summed E-state index contributed by atoms with van der Waals surface area (Å²) >= 11 is 0. The van der Waals surface area contributed by atoms with E-state index in [1.54, 1.807) is 7.11 Å². The number of ether oxygens (including phenoxy) is 1. The SMILES string of the molecule is COC(=C/C(C)(C)C)/C(C)=C\C(C)(C)C. The average Bonchev–Trinajstić information content (AvgIpc) is 1.94. The Balaban J connectivity index is 5.01. The van der Waals surface area contributed by atoms with Gasteiger partial charge in [0.2, 0.25) is 0 Å². The van der Waals surface area contributed by atoms with Crippen molar-refractivity contribution in [2.24, 2.45) is 10.8 Å². The molecule has 0 rings (SSSR count). The van der Waals surface area contributed by atoms with Crippen molar-refractivity contribution in [3.05, 3.63) is 23.5 Å². The second-order valence-electron chi connectivity index (χ2n) is 6.27. The van der Waals surface area contributed by atoms with Crippen LogP contribution < -0.4 is 0 Å². The van der Waals surface area contributed by atoms with Crippen molar-refractivity contribution in [1.29, 1.82) is 0 Å². The second kappa shape index (κ2) is 4.87. The summed E-state index contributed by atoms with van der Waals surface area (Å²) in [6.45, 7) is 15.2. The molecule has 1 nitrogen and oxygen atoms in total. The van der Waals surface area contributed by atoms with Crippen LogP contribution in [0.1, 0.15) is 48.5 Å². The van der Waals surface area contributed by atoms with Gasteiger partial charge in [-0.05, 0) is 29.4 Å². The number of methoxy groups -OCH3 is 1. The molecule has 0 aliphatic heterocycles. The fourth-order valence-corrected chi connectivity index (χ4v) is 1.45. The van der Waals surface area contributed by atoms with Crippen LogP contribution in [0, 0.1) is 10.8 Å². The third-order valence-corrected chi connectivity index (χ3v) is 1.82. The molecular formula is C14H26O. The minimum absolute atomic E-state index is 0.151. The highest BCUT2D eigenvalue weighted by molar-refractivity contribution is 5.26. The highest BCUT2D eigenvalue weighted by Crippen LogP contribution is 2.25. The molecule has 0 aliphatic rings. The summed E-state index contributed by atoms with van der Waals surface area (Å²) in [6.07, 6.45) is 4.42. The second-order valence-corrected chi connectivity index (χ2v) is 6.27. The Bertz CT molecular complexity index is 256. The Morgan fingerprint density at radius 3 is 1.53 bits per heavy atom. The molecule has 0 unspecified atom stereocenters. The molecule has 0 saturated carbocycles. The monoisotopic (exact) mass is 210 g/mol. The zero-order valence-corrected chi connectivity index (χ0v) is 11.6. The van der Waals surface area contributed by atoms with Gasteiger partial charge in [0.05, 0.1) is 7.11 Å². The first-order valence-corrected chi connectivity index (χ1v) is 5.52. The maximum Gasteiger partial charge on any atom is 0.118 e. The zero-order chi connectivity index (χ0) is 12.3. The molecule has 0 N–H and O–H groups in total. The highest BCUT2D eigenvalue weighted by Gasteiger charge is 2.13. The number of rotatable bonds is 2. The van der Waals surface area contributed by atoms with E-state index >= 15 is 0 Å². The lowest BCUT2D eigenvalue weighted by molar-refractivity contribution is 0.290. The van der Waals surface area contributed by atoms with Gasteiger partial charge in [0, 0.05) is 0 Å². The van der Waals surface area contributed by atoms with Crippen LogP contribution in [0.4, 0.5) is 0 Å². The largest absolute Gasteiger partial charge is 0.497 e. The van der Waals surface area contributed by atoms with Gasteiger partial charge in [-0.2, -0.15) is 0 Å². The van der Waals surface area contributed by atoms with Gasteiger partial charge in [0.1, 0.15) is 5.76 Å². The topological polar surface area (TPSA) is 9.23 Å². The third kappa shape index (κ3) is 7.24. The van der Waals surface area contributed by atoms with E-state index in [1.165, 1.54) is 5.57 Å². The Hall–Kier alpha value is -0.720. The van der Waals surface area contributed by atoms with E-state index in [0.717, 1.165) is 5.76 Å². The van der Waals surface area contributed by atoms with Crippen LogP contribution >= 0.6 is 0 Å². The molecule has 0 saturated heterocycles. The predicted octanol–water partition coefficient (Wildman–Crippen LogP) is 4.56. The molecule has 0 aromatic heterocycles. The van der Waals surface area contributed by atoms with Crippen molar-refractivity contribution in [2.75, 3.05) is 7.11 Å². The van der Waals surface area contributed by atoms with Crippen molar-refractivity contribution >= 4 is 0 Å². The standard InChI is InChI=1S/C14H26O/c1-11(9-13(2,3)4)12(15-8)10-14(5,6)7/h9-10H,1-8H3/b11-9-,12-10+. The molecule has 88 valence electrons. The molecule has 0 radical (unpaired) electrons. The first-order valence-electron chi connectivity index (χ1n) is 5.52. The fraction of sp³-hybridized carbons (Fsp3) is 0.714. The first kappa shape index (κ1) is 14.3. The molecule has 0 bridgehead atoms.